The molecule has 0 aromatic carbocycles. The molecule has 0 aromatic rings. The average Bonchev–Trinajstić information content (AvgIpc) is 2.44. The molecule has 11 nitrogen and oxygen atoms in total. The van der Waals surface area contributed by atoms with E-state index >= 15 is 0 Å². The van der Waals surface area contributed by atoms with Gasteiger partial charge in [-0.2, -0.15) is 5.26 Å². The van der Waals surface area contributed by atoms with Crippen LogP contribution in [0.2, 0.25) is 0 Å². The summed E-state index contributed by atoms with van der Waals surface area (Å²) in [7, 11) is 0. The maximum Gasteiger partial charge on any atom is 0.303 e. The van der Waals surface area contributed by atoms with Crippen LogP contribution in [0.4, 0.5) is 0 Å². The normalized spacial score (nSPS) is 29.4. The third kappa shape index (κ3) is 4.32. The Balaban J connectivity index is 3.32. The zero-order valence-electron chi connectivity index (χ0n) is 12.6. The molecule has 0 bridgehead atoms. The Bertz CT molecular complexity index is 595. The highest BCUT2D eigenvalue weighted by molar-refractivity contribution is 5.68. The van der Waals surface area contributed by atoms with Gasteiger partial charge in [0.15, 0.2) is 18.3 Å². The molecule has 1 rings (SSSR count). The van der Waals surface area contributed by atoms with E-state index in [1.54, 1.807) is 6.07 Å². The van der Waals surface area contributed by atoms with E-state index in [0.717, 1.165) is 20.8 Å². The minimum atomic E-state index is -2.25. The smallest absolute Gasteiger partial charge is 0.303 e. The lowest BCUT2D eigenvalue weighted by atomic mass is 9.95. The molecule has 0 aliphatic carbocycles. The van der Waals surface area contributed by atoms with E-state index in [0.29, 0.717) is 0 Å². The lowest BCUT2D eigenvalue weighted by Crippen LogP contribution is -2.62. The molecule has 4 atom stereocenters. The van der Waals surface area contributed by atoms with Crippen LogP contribution in [0.3, 0.4) is 0 Å². The van der Waals surface area contributed by atoms with Crippen molar-refractivity contribution >= 4 is 17.9 Å². The van der Waals surface area contributed by atoms with Crippen molar-refractivity contribution in [3.8, 4) is 6.07 Å². The Morgan fingerprint density at radius 2 is 1.78 bits per heavy atom. The van der Waals surface area contributed by atoms with Gasteiger partial charge in [-0.3, -0.25) is 14.4 Å². The van der Waals surface area contributed by atoms with E-state index in [1.807, 2.05) is 0 Å². The molecule has 0 unspecified atom stereocenters. The van der Waals surface area contributed by atoms with E-state index in [9.17, 15) is 19.6 Å². The molecule has 0 amide bonds. The summed E-state index contributed by atoms with van der Waals surface area (Å²) >= 11 is 0. The number of hydrogen-bond acceptors (Lipinski definition) is 9. The van der Waals surface area contributed by atoms with E-state index in [1.165, 1.54) is 0 Å². The van der Waals surface area contributed by atoms with Gasteiger partial charge in [-0.05, 0) is 10.6 Å². The number of ether oxygens (including phenoxy) is 4. The maximum atomic E-state index is 11.3. The summed E-state index contributed by atoms with van der Waals surface area (Å²) in [6, 6.07) is 1.60. The predicted molar refractivity (Wildman–Crippen MR) is 70.1 cm³/mol. The van der Waals surface area contributed by atoms with Crippen molar-refractivity contribution in [1.29, 1.82) is 5.26 Å². The van der Waals surface area contributed by atoms with E-state index in [-0.39, 0.29) is 0 Å². The first-order chi connectivity index (χ1) is 10.8. The van der Waals surface area contributed by atoms with E-state index in [4.69, 9.17) is 24.5 Å². The zero-order chi connectivity index (χ0) is 17.6. The van der Waals surface area contributed by atoms with Crippen LogP contribution < -0.4 is 0 Å². The minimum absolute atomic E-state index is 0.401. The number of rotatable bonds is 4. The number of azide groups is 1. The lowest BCUT2D eigenvalue weighted by molar-refractivity contribution is -0.240. The monoisotopic (exact) mass is 326 g/mol. The highest BCUT2D eigenvalue weighted by atomic mass is 16.7. The second-order valence-corrected chi connectivity index (χ2v) is 4.56. The number of hydrogen-bond donors (Lipinski definition) is 0. The quantitative estimate of drug-likeness (QED) is 0.235. The molecule has 1 aliphatic rings. The highest BCUT2D eigenvalue weighted by Crippen LogP contribution is 2.33. The van der Waals surface area contributed by atoms with Crippen molar-refractivity contribution in [2.75, 3.05) is 6.61 Å². The predicted octanol–water partition coefficient (Wildman–Crippen LogP) is 0.342. The molecule has 0 N–H and O–H groups in total. The molecule has 124 valence electrons. The second kappa shape index (κ2) is 7.44. The van der Waals surface area contributed by atoms with Crippen molar-refractivity contribution in [2.24, 2.45) is 5.11 Å². The maximum absolute atomic E-state index is 11.3. The largest absolute Gasteiger partial charge is 0.456 e. The van der Waals surface area contributed by atoms with Crippen LogP contribution in [0.1, 0.15) is 20.8 Å². The fraction of sp³-hybridized carbons (Fsp3) is 0.667. The molecule has 1 aliphatic heterocycles. The summed E-state index contributed by atoms with van der Waals surface area (Å²) in [5, 5.41) is 12.5. The third-order valence-electron chi connectivity index (χ3n) is 2.78. The summed E-state index contributed by atoms with van der Waals surface area (Å²) in [5.41, 5.74) is 6.39. The van der Waals surface area contributed by atoms with Gasteiger partial charge in [0.2, 0.25) is 0 Å². The topological polar surface area (TPSA) is 161 Å². The van der Waals surface area contributed by atoms with Crippen LogP contribution >= 0.6 is 0 Å². The molecule has 0 radical (unpaired) electrons. The molecule has 0 aromatic heterocycles. The number of nitriles is 1. The van der Waals surface area contributed by atoms with Gasteiger partial charge in [-0.25, -0.2) is 0 Å². The standard InChI is InChI=1S/C12H14N4O7/c1-6(17)21-9-4-20-12(5-13,15-16-14)11(23-8(3)19)10(9)22-7(2)18/h9-11H,4H2,1-3H3/t9-,10+,11-,12-/m1/s1. The fourth-order valence-electron chi connectivity index (χ4n) is 2.04. The molecule has 1 heterocycles. The molecule has 1 saturated heterocycles. The average molecular weight is 326 g/mol. The van der Waals surface area contributed by atoms with Crippen LogP contribution in [-0.4, -0.2) is 48.6 Å². The third-order valence-corrected chi connectivity index (χ3v) is 2.78. The van der Waals surface area contributed by atoms with Gasteiger partial charge in [0.1, 0.15) is 6.07 Å². The van der Waals surface area contributed by atoms with Gasteiger partial charge < -0.3 is 18.9 Å². The fourth-order valence-corrected chi connectivity index (χ4v) is 2.04. The van der Waals surface area contributed by atoms with Crippen molar-refractivity contribution in [3.05, 3.63) is 10.4 Å². The Labute approximate surface area is 130 Å². The van der Waals surface area contributed by atoms with Crippen LogP contribution in [0, 0.1) is 11.3 Å². The van der Waals surface area contributed by atoms with Crippen molar-refractivity contribution in [2.45, 2.75) is 44.8 Å². The molecule has 0 saturated carbocycles. The van der Waals surface area contributed by atoms with Crippen LogP contribution in [0.5, 0.6) is 0 Å². The Morgan fingerprint density at radius 3 is 2.22 bits per heavy atom. The van der Waals surface area contributed by atoms with Gasteiger partial charge in [0, 0.05) is 25.7 Å². The number of carbonyl (C=O) groups is 3. The van der Waals surface area contributed by atoms with Gasteiger partial charge >= 0.3 is 17.9 Å². The SMILES string of the molecule is CC(=O)O[C@@H]1[C@@H](OC(C)=O)[C@](C#N)(N=[N+]=[N-])OC[C@H]1OC(C)=O. The molecular formula is C12H14N4O7. The van der Waals surface area contributed by atoms with Gasteiger partial charge in [0.25, 0.3) is 5.72 Å². The first-order valence-electron chi connectivity index (χ1n) is 6.39. The summed E-state index contributed by atoms with van der Waals surface area (Å²) in [5.74, 6) is -2.32. The van der Waals surface area contributed by atoms with Crippen LogP contribution in [-0.2, 0) is 33.3 Å². The first kappa shape index (κ1) is 18.2. The number of nitrogens with zero attached hydrogens (tertiary/aromatic N) is 4. The lowest BCUT2D eigenvalue weighted by Gasteiger charge is -2.42. The van der Waals surface area contributed by atoms with Crippen molar-refractivity contribution in [3.63, 3.8) is 0 Å². The minimum Gasteiger partial charge on any atom is -0.456 e. The summed E-state index contributed by atoms with van der Waals surface area (Å²) < 4.78 is 20.1. The Morgan fingerprint density at radius 1 is 1.22 bits per heavy atom. The first-order valence-corrected chi connectivity index (χ1v) is 6.39. The molecular weight excluding hydrogens is 312 g/mol. The van der Waals surface area contributed by atoms with Gasteiger partial charge in [-0.1, -0.05) is 0 Å². The second-order valence-electron chi connectivity index (χ2n) is 4.56. The van der Waals surface area contributed by atoms with Crippen molar-refractivity contribution < 1.29 is 33.3 Å². The Hall–Kier alpha value is -2.83. The molecule has 0 spiro atoms. The van der Waals surface area contributed by atoms with Gasteiger partial charge in [0.05, 0.1) is 6.61 Å². The van der Waals surface area contributed by atoms with Gasteiger partial charge in [-0.15, -0.1) is 0 Å². The molecule has 11 heteroatoms. The van der Waals surface area contributed by atoms with E-state index < -0.39 is 48.6 Å². The highest BCUT2D eigenvalue weighted by Gasteiger charge is 2.56. The van der Waals surface area contributed by atoms with Crippen LogP contribution in [0.15, 0.2) is 5.11 Å². The molecule has 23 heavy (non-hydrogen) atoms. The Kier molecular flexibility index (Phi) is 5.89. The van der Waals surface area contributed by atoms with Crippen LogP contribution in [0.25, 0.3) is 10.4 Å². The number of carbonyl (C=O) groups excluding carboxylic acids is 3. The summed E-state index contributed by atoms with van der Waals surface area (Å²) in [6.07, 6.45) is -4.13. The summed E-state index contributed by atoms with van der Waals surface area (Å²) in [4.78, 5) is 36.3. The van der Waals surface area contributed by atoms with Crippen molar-refractivity contribution in [1.82, 2.24) is 0 Å². The molecule has 1 fully saturated rings. The summed E-state index contributed by atoms with van der Waals surface area (Å²) in [6.45, 7) is 2.83. The van der Waals surface area contributed by atoms with E-state index in [2.05, 4.69) is 10.0 Å². The zero-order valence-corrected chi connectivity index (χ0v) is 12.6. The number of esters is 3.